The van der Waals surface area contributed by atoms with Crippen LogP contribution in [0.25, 0.3) is 0 Å². The molecule has 3 aromatic carbocycles. The minimum atomic E-state index is -2.70. The van der Waals surface area contributed by atoms with Crippen LogP contribution in [0, 0.1) is 11.5 Å². The standard InChI is InChI=1S/C29H34O3Si/c1-5-24(30)23-25(31-32-29(2,3)4)21-22-33(26-15-9-6-10-16-26,27-17-11-7-12-18-27)28-19-13-8-14-20-28/h6-20,24-25,30H,5,23H2,1-4H3. The molecule has 0 spiro atoms. The zero-order valence-corrected chi connectivity index (χ0v) is 21.0. The predicted molar refractivity (Wildman–Crippen MR) is 138 cm³/mol. The summed E-state index contributed by atoms with van der Waals surface area (Å²) in [5.74, 6) is 3.40. The third-order valence-corrected chi connectivity index (χ3v) is 9.53. The smallest absolute Gasteiger partial charge is 0.229 e. The minimum absolute atomic E-state index is 0.391. The van der Waals surface area contributed by atoms with Crippen molar-refractivity contribution in [1.29, 1.82) is 0 Å². The molecule has 2 unspecified atom stereocenters. The van der Waals surface area contributed by atoms with Crippen molar-refractivity contribution in [3.05, 3.63) is 91.0 Å². The van der Waals surface area contributed by atoms with Crippen molar-refractivity contribution in [2.24, 2.45) is 0 Å². The van der Waals surface area contributed by atoms with Crippen LogP contribution in [0.2, 0.25) is 0 Å². The topological polar surface area (TPSA) is 38.7 Å². The van der Waals surface area contributed by atoms with Gasteiger partial charge in [-0.05, 0) is 42.8 Å². The Bertz CT molecular complexity index is 938. The predicted octanol–water partition coefficient (Wildman–Crippen LogP) is 3.98. The Morgan fingerprint density at radius 1 is 0.788 bits per heavy atom. The highest BCUT2D eigenvalue weighted by molar-refractivity contribution is 7.16. The maximum Gasteiger partial charge on any atom is 0.229 e. The Morgan fingerprint density at radius 2 is 1.21 bits per heavy atom. The second-order valence-corrected chi connectivity index (χ2v) is 12.7. The highest BCUT2D eigenvalue weighted by Crippen LogP contribution is 2.14. The van der Waals surface area contributed by atoms with Gasteiger partial charge in [-0.2, -0.15) is 0 Å². The molecule has 0 radical (unpaired) electrons. The van der Waals surface area contributed by atoms with Gasteiger partial charge in [0.1, 0.15) is 0 Å². The van der Waals surface area contributed by atoms with Crippen LogP contribution in [0.1, 0.15) is 40.5 Å². The molecule has 4 heteroatoms. The molecule has 33 heavy (non-hydrogen) atoms. The molecule has 0 aliphatic rings. The van der Waals surface area contributed by atoms with Gasteiger partial charge in [0.05, 0.1) is 11.7 Å². The summed E-state index contributed by atoms with van der Waals surface area (Å²) in [6, 6.07) is 31.6. The van der Waals surface area contributed by atoms with Gasteiger partial charge in [0.25, 0.3) is 0 Å². The van der Waals surface area contributed by atoms with Gasteiger partial charge in [-0.15, -0.1) is 5.54 Å². The molecular weight excluding hydrogens is 424 g/mol. The maximum absolute atomic E-state index is 10.3. The van der Waals surface area contributed by atoms with Gasteiger partial charge in [0, 0.05) is 6.42 Å². The van der Waals surface area contributed by atoms with Crippen LogP contribution >= 0.6 is 0 Å². The van der Waals surface area contributed by atoms with E-state index in [1.807, 2.05) is 45.9 Å². The summed E-state index contributed by atoms with van der Waals surface area (Å²) in [4.78, 5) is 11.4. The van der Waals surface area contributed by atoms with E-state index in [0.717, 1.165) is 0 Å². The Labute approximate surface area is 199 Å². The molecule has 0 bridgehead atoms. The van der Waals surface area contributed by atoms with E-state index in [1.54, 1.807) is 0 Å². The van der Waals surface area contributed by atoms with E-state index in [2.05, 4.69) is 84.3 Å². The maximum atomic E-state index is 10.3. The highest BCUT2D eigenvalue weighted by Gasteiger charge is 2.38. The van der Waals surface area contributed by atoms with E-state index in [9.17, 15) is 5.11 Å². The van der Waals surface area contributed by atoms with E-state index >= 15 is 0 Å². The van der Waals surface area contributed by atoms with Gasteiger partial charge in [-0.3, -0.25) is 0 Å². The van der Waals surface area contributed by atoms with Crippen molar-refractivity contribution in [2.75, 3.05) is 0 Å². The van der Waals surface area contributed by atoms with Crippen molar-refractivity contribution in [3.63, 3.8) is 0 Å². The van der Waals surface area contributed by atoms with Crippen LogP contribution in [0.5, 0.6) is 0 Å². The molecule has 0 amide bonds. The molecule has 2 atom stereocenters. The molecule has 0 saturated heterocycles. The quantitative estimate of drug-likeness (QED) is 0.182. The van der Waals surface area contributed by atoms with Crippen LogP contribution < -0.4 is 15.6 Å². The number of hydrogen-bond donors (Lipinski definition) is 1. The van der Waals surface area contributed by atoms with Gasteiger partial charge >= 0.3 is 0 Å². The molecule has 0 fully saturated rings. The van der Waals surface area contributed by atoms with Gasteiger partial charge < -0.3 is 5.11 Å². The fourth-order valence-electron chi connectivity index (χ4n) is 3.71. The van der Waals surface area contributed by atoms with E-state index in [4.69, 9.17) is 9.78 Å². The summed E-state index contributed by atoms with van der Waals surface area (Å²) < 4.78 is 0. The van der Waals surface area contributed by atoms with E-state index < -0.39 is 25.9 Å². The number of benzene rings is 3. The monoisotopic (exact) mass is 458 g/mol. The largest absolute Gasteiger partial charge is 0.393 e. The summed E-state index contributed by atoms with van der Waals surface area (Å²) in [5, 5.41) is 14.0. The Morgan fingerprint density at radius 3 is 1.58 bits per heavy atom. The van der Waals surface area contributed by atoms with Crippen LogP contribution in [-0.2, 0) is 9.78 Å². The molecule has 1 N–H and O–H groups in total. The second-order valence-electron chi connectivity index (χ2n) is 9.20. The third kappa shape index (κ3) is 6.66. The number of hydrogen-bond acceptors (Lipinski definition) is 3. The molecule has 172 valence electrons. The Balaban J connectivity index is 2.18. The number of rotatable bonds is 8. The van der Waals surface area contributed by atoms with Crippen molar-refractivity contribution in [2.45, 2.75) is 58.3 Å². The first kappa shape index (κ1) is 24.9. The zero-order valence-electron chi connectivity index (χ0n) is 20.0. The van der Waals surface area contributed by atoms with Gasteiger partial charge in [0.15, 0.2) is 6.10 Å². The molecule has 3 aromatic rings. The fraction of sp³-hybridized carbons (Fsp3) is 0.310. The van der Waals surface area contributed by atoms with Crippen molar-refractivity contribution < 1.29 is 14.9 Å². The second kappa shape index (κ2) is 11.4. The fourth-order valence-corrected chi connectivity index (χ4v) is 7.60. The highest BCUT2D eigenvalue weighted by atomic mass is 28.3. The molecule has 3 nitrogen and oxygen atoms in total. The lowest BCUT2D eigenvalue weighted by molar-refractivity contribution is -0.365. The molecular formula is C29H34O3Si. The van der Waals surface area contributed by atoms with Crippen molar-refractivity contribution in [1.82, 2.24) is 0 Å². The summed E-state index contributed by atoms with van der Waals surface area (Å²) in [6.45, 7) is 7.76. The lowest BCUT2D eigenvalue weighted by atomic mass is 10.1. The van der Waals surface area contributed by atoms with Gasteiger partial charge in [-0.25, -0.2) is 9.78 Å². The molecule has 0 aliphatic carbocycles. The number of aliphatic hydroxyl groups is 1. The lowest BCUT2D eigenvalue weighted by Gasteiger charge is -2.28. The Kier molecular flexibility index (Phi) is 8.65. The normalized spacial score (nSPS) is 13.6. The molecule has 0 aromatic heterocycles. The third-order valence-electron chi connectivity index (χ3n) is 5.41. The molecule has 0 heterocycles. The molecule has 0 aliphatic heterocycles. The van der Waals surface area contributed by atoms with Crippen molar-refractivity contribution >= 4 is 23.6 Å². The summed E-state index contributed by atoms with van der Waals surface area (Å²) in [6.07, 6.45) is -0.0192. The van der Waals surface area contributed by atoms with E-state index in [0.29, 0.717) is 12.8 Å². The minimum Gasteiger partial charge on any atom is -0.393 e. The Hall–Kier alpha value is -2.68. The average molecular weight is 459 g/mol. The first-order valence-electron chi connectivity index (χ1n) is 11.6. The van der Waals surface area contributed by atoms with Crippen molar-refractivity contribution in [3.8, 4) is 11.5 Å². The van der Waals surface area contributed by atoms with Crippen LogP contribution in [0.15, 0.2) is 91.0 Å². The lowest BCUT2D eigenvalue weighted by Crippen LogP contribution is -2.66. The summed E-state index contributed by atoms with van der Waals surface area (Å²) in [7, 11) is -2.70. The SMILES string of the molecule is CCC(O)CC(C#C[Si](c1ccccc1)(c1ccccc1)c1ccccc1)OOC(C)(C)C. The van der Waals surface area contributed by atoms with E-state index in [-0.39, 0.29) is 0 Å². The zero-order chi connectivity index (χ0) is 23.7. The average Bonchev–Trinajstić information content (AvgIpc) is 2.84. The molecule has 0 saturated carbocycles. The van der Waals surface area contributed by atoms with Crippen LogP contribution in [-0.4, -0.2) is 31.0 Å². The van der Waals surface area contributed by atoms with Gasteiger partial charge in [-0.1, -0.05) is 104 Å². The first-order chi connectivity index (χ1) is 15.8. The van der Waals surface area contributed by atoms with Gasteiger partial charge in [0.2, 0.25) is 8.07 Å². The summed E-state index contributed by atoms with van der Waals surface area (Å²) in [5.41, 5.74) is 3.25. The van der Waals surface area contributed by atoms with E-state index in [1.165, 1.54) is 15.6 Å². The molecule has 3 rings (SSSR count). The summed E-state index contributed by atoms with van der Waals surface area (Å²) >= 11 is 0. The van der Waals surface area contributed by atoms with Crippen LogP contribution in [0.4, 0.5) is 0 Å². The first-order valence-corrected chi connectivity index (χ1v) is 13.6. The number of aliphatic hydroxyl groups excluding tert-OH is 1. The van der Waals surface area contributed by atoms with Crippen LogP contribution in [0.3, 0.4) is 0 Å².